The van der Waals surface area contributed by atoms with Gasteiger partial charge in [-0.15, -0.1) is 22.7 Å². The SMILES string of the molecule is Cn1cncc1-c1nc(-c2cc(C(=O)O)cs2)cs1. The first-order valence-electron chi connectivity index (χ1n) is 5.39. The van der Waals surface area contributed by atoms with Gasteiger partial charge in [-0.05, 0) is 6.07 Å². The summed E-state index contributed by atoms with van der Waals surface area (Å²) in [7, 11) is 1.91. The Morgan fingerprint density at radius 1 is 1.37 bits per heavy atom. The first-order valence-corrected chi connectivity index (χ1v) is 7.15. The van der Waals surface area contributed by atoms with Crippen molar-refractivity contribution in [2.75, 3.05) is 0 Å². The molecule has 3 heterocycles. The number of imidazole rings is 1. The van der Waals surface area contributed by atoms with Crippen LogP contribution >= 0.6 is 22.7 Å². The van der Waals surface area contributed by atoms with E-state index >= 15 is 0 Å². The largest absolute Gasteiger partial charge is 0.478 e. The number of carboxylic acids is 1. The Labute approximate surface area is 116 Å². The van der Waals surface area contributed by atoms with E-state index in [0.717, 1.165) is 21.3 Å². The molecular weight excluding hydrogens is 282 g/mol. The van der Waals surface area contributed by atoms with Crippen LogP contribution in [0, 0.1) is 0 Å². The third kappa shape index (κ3) is 2.18. The van der Waals surface area contributed by atoms with Gasteiger partial charge in [0.1, 0.15) is 5.01 Å². The van der Waals surface area contributed by atoms with Crippen LogP contribution in [0.2, 0.25) is 0 Å². The van der Waals surface area contributed by atoms with Gasteiger partial charge in [0.2, 0.25) is 0 Å². The molecule has 0 saturated carbocycles. The summed E-state index contributed by atoms with van der Waals surface area (Å²) in [5.74, 6) is -0.912. The van der Waals surface area contributed by atoms with Crippen LogP contribution in [-0.2, 0) is 7.05 Å². The monoisotopic (exact) mass is 291 g/mol. The second kappa shape index (κ2) is 4.60. The molecule has 3 rings (SSSR count). The number of aromatic nitrogens is 3. The topological polar surface area (TPSA) is 68.0 Å². The number of aromatic carboxylic acids is 1. The van der Waals surface area contributed by atoms with Crippen molar-refractivity contribution in [2.24, 2.45) is 7.05 Å². The minimum Gasteiger partial charge on any atom is -0.478 e. The third-order valence-electron chi connectivity index (χ3n) is 2.64. The lowest BCUT2D eigenvalue weighted by Crippen LogP contribution is -1.91. The van der Waals surface area contributed by atoms with Gasteiger partial charge in [-0.1, -0.05) is 0 Å². The Morgan fingerprint density at radius 3 is 2.84 bits per heavy atom. The number of thiazole rings is 1. The van der Waals surface area contributed by atoms with Crippen LogP contribution in [0.25, 0.3) is 21.3 Å². The number of hydrogen-bond donors (Lipinski definition) is 1. The van der Waals surface area contributed by atoms with Crippen molar-refractivity contribution in [1.82, 2.24) is 14.5 Å². The van der Waals surface area contributed by atoms with Crippen molar-refractivity contribution in [3.8, 4) is 21.3 Å². The standard InChI is InChI=1S/C12H9N3O2S2/c1-15-6-13-3-9(15)11-14-8(5-19-11)10-2-7(4-18-10)12(16)17/h2-6H,1H3,(H,16,17). The molecule has 0 aliphatic rings. The number of rotatable bonds is 3. The van der Waals surface area contributed by atoms with Gasteiger partial charge in [-0.2, -0.15) is 0 Å². The summed E-state index contributed by atoms with van der Waals surface area (Å²) in [4.78, 5) is 20.3. The third-order valence-corrected chi connectivity index (χ3v) is 4.46. The molecular formula is C12H9N3O2S2. The number of carbonyl (C=O) groups is 1. The molecule has 96 valence electrons. The van der Waals surface area contributed by atoms with E-state index in [0.29, 0.717) is 5.56 Å². The molecule has 7 heteroatoms. The molecule has 19 heavy (non-hydrogen) atoms. The minimum absolute atomic E-state index is 0.301. The molecule has 0 fully saturated rings. The number of hydrogen-bond acceptors (Lipinski definition) is 5. The maximum absolute atomic E-state index is 10.9. The van der Waals surface area contributed by atoms with Crippen LogP contribution in [0.3, 0.4) is 0 Å². The highest BCUT2D eigenvalue weighted by molar-refractivity contribution is 7.15. The second-order valence-electron chi connectivity index (χ2n) is 3.93. The molecule has 0 aromatic carbocycles. The number of aryl methyl sites for hydroxylation is 1. The average molecular weight is 291 g/mol. The first kappa shape index (κ1) is 12.1. The van der Waals surface area contributed by atoms with Crippen molar-refractivity contribution in [2.45, 2.75) is 0 Å². The fraction of sp³-hybridized carbons (Fsp3) is 0.0833. The highest BCUT2D eigenvalue weighted by Gasteiger charge is 2.13. The van der Waals surface area contributed by atoms with E-state index in [9.17, 15) is 4.79 Å². The highest BCUT2D eigenvalue weighted by Crippen LogP contribution is 2.31. The van der Waals surface area contributed by atoms with Crippen LogP contribution in [0.15, 0.2) is 29.4 Å². The van der Waals surface area contributed by atoms with Gasteiger partial charge in [0.25, 0.3) is 0 Å². The van der Waals surface area contributed by atoms with Crippen LogP contribution in [0.4, 0.5) is 0 Å². The zero-order chi connectivity index (χ0) is 13.4. The maximum atomic E-state index is 10.9. The lowest BCUT2D eigenvalue weighted by atomic mass is 10.3. The molecule has 0 atom stereocenters. The summed E-state index contributed by atoms with van der Waals surface area (Å²) in [6.45, 7) is 0. The van der Waals surface area contributed by atoms with Gasteiger partial charge in [-0.3, -0.25) is 0 Å². The quantitative estimate of drug-likeness (QED) is 0.805. The normalized spacial score (nSPS) is 10.8. The van der Waals surface area contributed by atoms with E-state index in [-0.39, 0.29) is 0 Å². The minimum atomic E-state index is -0.912. The van der Waals surface area contributed by atoms with Crippen molar-refractivity contribution >= 4 is 28.6 Å². The summed E-state index contributed by atoms with van der Waals surface area (Å²) < 4.78 is 1.90. The smallest absolute Gasteiger partial charge is 0.336 e. The van der Waals surface area contributed by atoms with Gasteiger partial charge in [0.15, 0.2) is 0 Å². The Hall–Kier alpha value is -1.99. The molecule has 0 bridgehead atoms. The zero-order valence-electron chi connectivity index (χ0n) is 9.90. The van der Waals surface area contributed by atoms with Gasteiger partial charge < -0.3 is 9.67 Å². The van der Waals surface area contributed by atoms with E-state index in [1.54, 1.807) is 24.0 Å². The summed E-state index contributed by atoms with van der Waals surface area (Å²) in [5.41, 5.74) is 2.06. The summed E-state index contributed by atoms with van der Waals surface area (Å²) in [6, 6.07) is 1.65. The van der Waals surface area contributed by atoms with Gasteiger partial charge in [0, 0.05) is 17.8 Å². The zero-order valence-corrected chi connectivity index (χ0v) is 11.5. The van der Waals surface area contributed by atoms with E-state index in [1.807, 2.05) is 17.0 Å². The van der Waals surface area contributed by atoms with Gasteiger partial charge in [-0.25, -0.2) is 14.8 Å². The van der Waals surface area contributed by atoms with Crippen molar-refractivity contribution in [1.29, 1.82) is 0 Å². The molecule has 3 aromatic rings. The maximum Gasteiger partial charge on any atom is 0.336 e. The molecule has 0 amide bonds. The van der Waals surface area contributed by atoms with E-state index < -0.39 is 5.97 Å². The van der Waals surface area contributed by atoms with Crippen LogP contribution in [0.5, 0.6) is 0 Å². The number of carboxylic acid groups (broad SMARTS) is 1. The molecule has 5 nitrogen and oxygen atoms in total. The Balaban J connectivity index is 1.97. The van der Waals surface area contributed by atoms with Gasteiger partial charge in [0.05, 0.1) is 34.4 Å². The predicted molar refractivity (Wildman–Crippen MR) is 74.6 cm³/mol. The van der Waals surface area contributed by atoms with E-state index in [4.69, 9.17) is 5.11 Å². The second-order valence-corrected chi connectivity index (χ2v) is 5.70. The predicted octanol–water partition coefficient (Wildman–Crippen LogP) is 2.97. The first-order chi connectivity index (χ1) is 9.15. The summed E-state index contributed by atoms with van der Waals surface area (Å²) >= 11 is 2.91. The molecule has 1 N–H and O–H groups in total. The van der Waals surface area contributed by atoms with Crippen LogP contribution in [0.1, 0.15) is 10.4 Å². The molecule has 0 unspecified atom stereocenters. The van der Waals surface area contributed by atoms with Crippen molar-refractivity contribution in [3.63, 3.8) is 0 Å². The number of thiophene rings is 1. The summed E-state index contributed by atoms with van der Waals surface area (Å²) in [5, 5.41) is 13.3. The Kier molecular flexibility index (Phi) is 2.92. The molecule has 0 spiro atoms. The molecule has 0 aliphatic carbocycles. The lowest BCUT2D eigenvalue weighted by molar-refractivity contribution is 0.0697. The van der Waals surface area contributed by atoms with Gasteiger partial charge >= 0.3 is 5.97 Å². The van der Waals surface area contributed by atoms with Crippen LogP contribution < -0.4 is 0 Å². The molecule has 3 aromatic heterocycles. The molecule has 0 saturated heterocycles. The van der Waals surface area contributed by atoms with Crippen molar-refractivity contribution < 1.29 is 9.90 Å². The fourth-order valence-corrected chi connectivity index (χ4v) is 3.44. The highest BCUT2D eigenvalue weighted by atomic mass is 32.1. The molecule has 0 radical (unpaired) electrons. The Bertz CT molecular complexity index is 742. The average Bonchev–Trinajstić information content (AvgIpc) is 3.07. The van der Waals surface area contributed by atoms with Crippen molar-refractivity contribution in [3.05, 3.63) is 34.9 Å². The van der Waals surface area contributed by atoms with Crippen LogP contribution in [-0.4, -0.2) is 25.6 Å². The Morgan fingerprint density at radius 2 is 2.21 bits per heavy atom. The lowest BCUT2D eigenvalue weighted by Gasteiger charge is -1.95. The fourth-order valence-electron chi connectivity index (χ4n) is 1.65. The number of nitrogens with zero attached hydrogens (tertiary/aromatic N) is 3. The van der Waals surface area contributed by atoms with E-state index in [1.165, 1.54) is 22.7 Å². The summed E-state index contributed by atoms with van der Waals surface area (Å²) in [6.07, 6.45) is 3.49. The van der Waals surface area contributed by atoms with E-state index in [2.05, 4.69) is 9.97 Å². The molecule has 0 aliphatic heterocycles.